The number of carbonyl (C=O) groups excluding carboxylic acids is 1. The van der Waals surface area contributed by atoms with Gasteiger partial charge in [0, 0.05) is 27.2 Å². The molecule has 0 saturated carbocycles. The average molecular weight is 264 g/mol. The third-order valence-corrected chi connectivity index (χ3v) is 2.79. The summed E-state index contributed by atoms with van der Waals surface area (Å²) >= 11 is 0. The number of hydrogen-bond acceptors (Lipinski definition) is 4. The maximum Gasteiger partial charge on any atom is 0.241 e. The van der Waals surface area contributed by atoms with Crippen LogP contribution >= 0.6 is 0 Å². The maximum absolute atomic E-state index is 11.9. The average Bonchev–Trinajstić information content (AvgIpc) is 2.38. The fourth-order valence-electron chi connectivity index (χ4n) is 1.78. The smallest absolute Gasteiger partial charge is 0.241 e. The Hall–Kier alpha value is -1.78. The highest BCUT2D eigenvalue weighted by molar-refractivity contribution is 5.81. The number of carbonyl (C=O) groups is 1. The number of pyridine rings is 1. The molecule has 0 saturated heterocycles. The van der Waals surface area contributed by atoms with Gasteiger partial charge in [0.05, 0.1) is 30.3 Å². The second-order valence-corrected chi connectivity index (χ2v) is 4.67. The maximum atomic E-state index is 11.9. The molecule has 0 aliphatic carbocycles. The minimum atomic E-state index is 0.0994. The molecule has 5 heteroatoms. The summed E-state index contributed by atoms with van der Waals surface area (Å²) in [6.07, 6.45) is 4.59. The van der Waals surface area contributed by atoms with Crippen LogP contribution in [0.3, 0.4) is 0 Å². The first-order valence-corrected chi connectivity index (χ1v) is 6.72. The molecule has 1 N–H and O–H groups in total. The van der Waals surface area contributed by atoms with Gasteiger partial charge in [0.1, 0.15) is 0 Å². The lowest BCUT2D eigenvalue weighted by Crippen LogP contribution is -2.37. The van der Waals surface area contributed by atoms with Crippen LogP contribution in [0.15, 0.2) is 18.5 Å². The molecule has 0 radical (unpaired) electrons. The second-order valence-electron chi connectivity index (χ2n) is 4.67. The van der Waals surface area contributed by atoms with Crippen LogP contribution < -0.4 is 10.2 Å². The molecule has 19 heavy (non-hydrogen) atoms. The van der Waals surface area contributed by atoms with E-state index < -0.39 is 0 Å². The molecule has 1 heterocycles. The molecule has 1 amide bonds. The third kappa shape index (κ3) is 4.77. The number of aromatic nitrogens is 1. The van der Waals surface area contributed by atoms with Crippen LogP contribution in [0.4, 0.5) is 11.4 Å². The predicted octanol–water partition coefficient (Wildman–Crippen LogP) is 1.82. The number of nitrogens with zero attached hydrogens (tertiary/aromatic N) is 3. The van der Waals surface area contributed by atoms with Crippen molar-refractivity contribution in [1.29, 1.82) is 0 Å². The molecule has 0 spiro atoms. The van der Waals surface area contributed by atoms with Crippen molar-refractivity contribution in [1.82, 2.24) is 9.88 Å². The van der Waals surface area contributed by atoms with Crippen LogP contribution in [-0.4, -0.2) is 49.5 Å². The highest BCUT2D eigenvalue weighted by Gasteiger charge is 2.13. The summed E-state index contributed by atoms with van der Waals surface area (Å²) in [5.74, 6) is 0.0994. The standard InChI is InChI=1S/C14H24N4O/c1-5-7-18(11-14(19)17(3)4)13-8-12(16-6-2)9-15-10-13/h8-10,16H,5-7,11H2,1-4H3. The number of nitrogens with one attached hydrogen (secondary N) is 1. The van der Waals surface area contributed by atoms with Gasteiger partial charge in [-0.25, -0.2) is 0 Å². The molecule has 106 valence electrons. The number of rotatable bonds is 7. The summed E-state index contributed by atoms with van der Waals surface area (Å²) in [5, 5.41) is 3.24. The molecular weight excluding hydrogens is 240 g/mol. The van der Waals surface area contributed by atoms with Gasteiger partial charge in [-0.05, 0) is 19.4 Å². The van der Waals surface area contributed by atoms with Crippen molar-refractivity contribution in [2.75, 3.05) is 43.9 Å². The fourth-order valence-corrected chi connectivity index (χ4v) is 1.78. The zero-order valence-electron chi connectivity index (χ0n) is 12.3. The van der Waals surface area contributed by atoms with E-state index in [0.717, 1.165) is 30.9 Å². The minimum absolute atomic E-state index is 0.0994. The Morgan fingerprint density at radius 1 is 1.32 bits per heavy atom. The molecule has 0 fully saturated rings. The van der Waals surface area contributed by atoms with Crippen LogP contribution in [0, 0.1) is 0 Å². The van der Waals surface area contributed by atoms with E-state index in [-0.39, 0.29) is 5.91 Å². The van der Waals surface area contributed by atoms with E-state index in [1.165, 1.54) is 0 Å². The van der Waals surface area contributed by atoms with Gasteiger partial charge < -0.3 is 15.1 Å². The lowest BCUT2D eigenvalue weighted by Gasteiger charge is -2.25. The Morgan fingerprint density at radius 2 is 2.05 bits per heavy atom. The number of amides is 1. The summed E-state index contributed by atoms with van der Waals surface area (Å²) in [6, 6.07) is 2.04. The van der Waals surface area contributed by atoms with Crippen LogP contribution in [0.5, 0.6) is 0 Å². The first-order valence-electron chi connectivity index (χ1n) is 6.72. The molecule has 0 aliphatic rings. The van der Waals surface area contributed by atoms with Gasteiger partial charge in [-0.1, -0.05) is 6.92 Å². The van der Waals surface area contributed by atoms with E-state index >= 15 is 0 Å². The van der Waals surface area contributed by atoms with E-state index in [4.69, 9.17) is 0 Å². The number of hydrogen-bond donors (Lipinski definition) is 1. The van der Waals surface area contributed by atoms with Gasteiger partial charge >= 0.3 is 0 Å². The van der Waals surface area contributed by atoms with E-state index in [1.807, 2.05) is 13.0 Å². The van der Waals surface area contributed by atoms with Crippen LogP contribution in [-0.2, 0) is 4.79 Å². The van der Waals surface area contributed by atoms with Crippen LogP contribution in [0.1, 0.15) is 20.3 Å². The Labute approximate surface area is 115 Å². The molecule has 5 nitrogen and oxygen atoms in total. The van der Waals surface area contributed by atoms with Crippen LogP contribution in [0.2, 0.25) is 0 Å². The quantitative estimate of drug-likeness (QED) is 0.816. The van der Waals surface area contributed by atoms with E-state index in [0.29, 0.717) is 6.54 Å². The zero-order chi connectivity index (χ0) is 14.3. The first kappa shape index (κ1) is 15.3. The summed E-state index contributed by atoms with van der Waals surface area (Å²) in [4.78, 5) is 19.8. The van der Waals surface area contributed by atoms with Crippen molar-refractivity contribution in [3.05, 3.63) is 18.5 Å². The lowest BCUT2D eigenvalue weighted by molar-refractivity contribution is -0.127. The second kappa shape index (κ2) is 7.61. The fraction of sp³-hybridized carbons (Fsp3) is 0.571. The Kier molecular flexibility index (Phi) is 6.12. The molecule has 0 aromatic carbocycles. The zero-order valence-corrected chi connectivity index (χ0v) is 12.3. The highest BCUT2D eigenvalue weighted by atomic mass is 16.2. The van der Waals surface area contributed by atoms with E-state index in [9.17, 15) is 4.79 Å². The van der Waals surface area contributed by atoms with Crippen molar-refractivity contribution >= 4 is 17.3 Å². The van der Waals surface area contributed by atoms with Crippen molar-refractivity contribution in [3.8, 4) is 0 Å². The van der Waals surface area contributed by atoms with E-state index in [1.54, 1.807) is 31.4 Å². The van der Waals surface area contributed by atoms with Gasteiger partial charge in [0.25, 0.3) is 0 Å². The SMILES string of the molecule is CCCN(CC(=O)N(C)C)c1cncc(NCC)c1. The van der Waals surface area contributed by atoms with Crippen LogP contribution in [0.25, 0.3) is 0 Å². The molecule has 0 unspecified atom stereocenters. The largest absolute Gasteiger partial charge is 0.384 e. The van der Waals surface area contributed by atoms with Gasteiger partial charge in [0.2, 0.25) is 5.91 Å². The van der Waals surface area contributed by atoms with Gasteiger partial charge in [-0.15, -0.1) is 0 Å². The normalized spacial score (nSPS) is 10.1. The van der Waals surface area contributed by atoms with Gasteiger partial charge in [-0.2, -0.15) is 0 Å². The molecule has 1 aromatic rings. The minimum Gasteiger partial charge on any atom is -0.384 e. The van der Waals surface area contributed by atoms with Crippen molar-refractivity contribution in [2.45, 2.75) is 20.3 Å². The third-order valence-electron chi connectivity index (χ3n) is 2.79. The summed E-state index contributed by atoms with van der Waals surface area (Å²) in [6.45, 7) is 6.24. The van der Waals surface area contributed by atoms with E-state index in [2.05, 4.69) is 22.1 Å². The van der Waals surface area contributed by atoms with Gasteiger partial charge in [0.15, 0.2) is 0 Å². The lowest BCUT2D eigenvalue weighted by atomic mass is 10.3. The van der Waals surface area contributed by atoms with Gasteiger partial charge in [-0.3, -0.25) is 9.78 Å². The molecule has 0 atom stereocenters. The topological polar surface area (TPSA) is 48.5 Å². The Morgan fingerprint density at radius 3 is 2.63 bits per heavy atom. The summed E-state index contributed by atoms with van der Waals surface area (Å²) < 4.78 is 0. The molecular formula is C14H24N4O. The predicted molar refractivity (Wildman–Crippen MR) is 79.6 cm³/mol. The van der Waals surface area contributed by atoms with Crippen molar-refractivity contribution < 1.29 is 4.79 Å². The van der Waals surface area contributed by atoms with Crippen molar-refractivity contribution in [3.63, 3.8) is 0 Å². The Balaban J connectivity index is 2.85. The molecule has 1 aromatic heterocycles. The summed E-state index contributed by atoms with van der Waals surface area (Å²) in [5.41, 5.74) is 1.97. The monoisotopic (exact) mass is 264 g/mol. The van der Waals surface area contributed by atoms with Crippen molar-refractivity contribution in [2.24, 2.45) is 0 Å². The molecule has 0 aliphatic heterocycles. The molecule has 0 bridgehead atoms. The number of likely N-dealkylation sites (N-methyl/N-ethyl adjacent to an activating group) is 1. The Bertz CT molecular complexity index is 406. The summed E-state index contributed by atoms with van der Waals surface area (Å²) in [7, 11) is 3.56. The highest BCUT2D eigenvalue weighted by Crippen LogP contribution is 2.18. The number of anilines is 2. The molecule has 1 rings (SSSR count). The first-order chi connectivity index (χ1) is 9.08.